The molecular formula is C15H25ClN4O3S. The third-order valence-corrected chi connectivity index (χ3v) is 5.24. The molecule has 9 heteroatoms. The average molecular weight is 377 g/mol. The number of hydrogen-bond donors (Lipinski definition) is 1. The third kappa shape index (κ3) is 4.81. The topological polar surface area (TPSA) is 96.1 Å². The Bertz CT molecular complexity index is 670. The Kier molecular flexibility index (Phi) is 7.00. The number of likely N-dealkylation sites (N-methyl/N-ethyl adjacent to an activating group) is 1. The zero-order chi connectivity index (χ0) is 17.2. The molecule has 1 unspecified atom stereocenters. The van der Waals surface area contributed by atoms with Gasteiger partial charge in [-0.25, -0.2) is 8.42 Å². The molecule has 0 fully saturated rings. The Morgan fingerprint density at radius 1 is 1.46 bits per heavy atom. The van der Waals surface area contributed by atoms with Gasteiger partial charge >= 0.3 is 0 Å². The summed E-state index contributed by atoms with van der Waals surface area (Å²) in [6.07, 6.45) is 5.77. The first kappa shape index (κ1) is 20.7. The zero-order valence-corrected chi connectivity index (χ0v) is 15.8. The molecule has 7 nitrogen and oxygen atoms in total. The molecule has 0 radical (unpaired) electrons. The van der Waals surface area contributed by atoms with Crippen LogP contribution in [0.25, 0.3) is 0 Å². The summed E-state index contributed by atoms with van der Waals surface area (Å²) >= 11 is 0. The number of carbonyl (C=O) groups is 1. The monoisotopic (exact) mass is 376 g/mol. The highest BCUT2D eigenvalue weighted by Gasteiger charge is 2.31. The lowest BCUT2D eigenvalue weighted by molar-refractivity contribution is -0.125. The van der Waals surface area contributed by atoms with Crippen LogP contribution in [0.5, 0.6) is 0 Å². The minimum Gasteiger partial charge on any atom is -0.342 e. The van der Waals surface area contributed by atoms with Gasteiger partial charge in [-0.15, -0.1) is 16.8 Å². The summed E-state index contributed by atoms with van der Waals surface area (Å²) in [5.41, 5.74) is 6.31. The Balaban J connectivity index is 0.00000288. The standard InChI is InChI=1S/C15H24N4O3S.ClH/c1-11(2)13(16)6-8-18(3)15(20)12-5-4-7-19-9-10-23(21,22)17-14(12)19;/h4-5,7,11,13H,6,8-10,16H2,1-3H3;1H. The molecular weight excluding hydrogens is 352 g/mol. The minimum absolute atomic E-state index is 0. The zero-order valence-electron chi connectivity index (χ0n) is 14.2. The molecule has 24 heavy (non-hydrogen) atoms. The van der Waals surface area contributed by atoms with Crippen molar-refractivity contribution in [3.05, 3.63) is 23.9 Å². The van der Waals surface area contributed by atoms with Gasteiger partial charge in [0.1, 0.15) is 0 Å². The fourth-order valence-corrected chi connectivity index (χ4v) is 3.35. The van der Waals surface area contributed by atoms with E-state index in [0.29, 0.717) is 31.0 Å². The molecule has 2 rings (SSSR count). The SMILES string of the molecule is CC(C)C(N)CCN(C)C(=O)C1=CC=CN2CCS(=O)(=O)N=C12.Cl. The second-order valence-corrected chi connectivity index (χ2v) is 7.99. The third-order valence-electron chi connectivity index (χ3n) is 4.09. The fraction of sp³-hybridized carbons (Fsp3) is 0.600. The lowest BCUT2D eigenvalue weighted by atomic mass is 10.0. The summed E-state index contributed by atoms with van der Waals surface area (Å²) in [5, 5.41) is 0. The molecule has 0 aromatic heterocycles. The number of amidine groups is 1. The van der Waals surface area contributed by atoms with Crippen molar-refractivity contribution in [1.29, 1.82) is 0 Å². The van der Waals surface area contributed by atoms with Crippen LogP contribution < -0.4 is 5.73 Å². The van der Waals surface area contributed by atoms with E-state index in [2.05, 4.69) is 4.40 Å². The van der Waals surface area contributed by atoms with Crippen LogP contribution in [0, 0.1) is 5.92 Å². The number of carbonyl (C=O) groups excluding carboxylic acids is 1. The molecule has 0 aromatic carbocycles. The Labute approximate surface area is 149 Å². The van der Waals surface area contributed by atoms with Gasteiger partial charge in [-0.05, 0) is 24.5 Å². The highest BCUT2D eigenvalue weighted by molar-refractivity contribution is 7.90. The smallest absolute Gasteiger partial charge is 0.257 e. The van der Waals surface area contributed by atoms with Gasteiger partial charge in [-0.1, -0.05) is 13.8 Å². The van der Waals surface area contributed by atoms with Gasteiger partial charge in [0.2, 0.25) is 0 Å². The summed E-state index contributed by atoms with van der Waals surface area (Å²) in [7, 11) is -1.81. The molecule has 2 aliphatic rings. The number of rotatable bonds is 5. The first-order valence-corrected chi connectivity index (χ1v) is 9.31. The lowest BCUT2D eigenvalue weighted by Gasteiger charge is -2.30. The predicted octanol–water partition coefficient (Wildman–Crippen LogP) is 0.738. The number of sulfonamides is 1. The number of nitrogens with zero attached hydrogens (tertiary/aromatic N) is 3. The van der Waals surface area contributed by atoms with Crippen molar-refractivity contribution < 1.29 is 13.2 Å². The van der Waals surface area contributed by atoms with Gasteiger partial charge in [0.05, 0.1) is 11.3 Å². The van der Waals surface area contributed by atoms with E-state index < -0.39 is 10.0 Å². The first-order chi connectivity index (χ1) is 10.7. The molecule has 2 heterocycles. The maximum atomic E-state index is 12.6. The number of fused-ring (bicyclic) bond motifs is 1. The fourth-order valence-electron chi connectivity index (χ4n) is 2.37. The molecule has 2 aliphatic heterocycles. The van der Waals surface area contributed by atoms with Gasteiger partial charge in [0, 0.05) is 32.4 Å². The largest absolute Gasteiger partial charge is 0.342 e. The number of allylic oxidation sites excluding steroid dienone is 2. The number of halogens is 1. The summed E-state index contributed by atoms with van der Waals surface area (Å²) < 4.78 is 27.2. The molecule has 1 amide bonds. The van der Waals surface area contributed by atoms with Crippen LogP contribution in [0.15, 0.2) is 28.3 Å². The van der Waals surface area contributed by atoms with Crippen molar-refractivity contribution in [2.24, 2.45) is 16.0 Å². The summed E-state index contributed by atoms with van der Waals surface area (Å²) in [4.78, 5) is 15.9. The number of amides is 1. The van der Waals surface area contributed by atoms with Crippen LogP contribution in [0.1, 0.15) is 20.3 Å². The molecule has 1 atom stereocenters. The van der Waals surface area contributed by atoms with Crippen LogP contribution in [-0.2, 0) is 14.8 Å². The quantitative estimate of drug-likeness (QED) is 0.763. The second kappa shape index (κ2) is 8.13. The van der Waals surface area contributed by atoms with Crippen molar-refractivity contribution in [3.63, 3.8) is 0 Å². The maximum absolute atomic E-state index is 12.6. The van der Waals surface area contributed by atoms with E-state index in [1.54, 1.807) is 35.2 Å². The van der Waals surface area contributed by atoms with E-state index in [1.165, 1.54) is 0 Å². The Morgan fingerprint density at radius 2 is 2.12 bits per heavy atom. The van der Waals surface area contributed by atoms with Gasteiger partial charge < -0.3 is 15.5 Å². The molecule has 0 bridgehead atoms. The molecule has 2 N–H and O–H groups in total. The van der Waals surface area contributed by atoms with E-state index in [0.717, 1.165) is 0 Å². The summed E-state index contributed by atoms with van der Waals surface area (Å²) in [6.45, 7) is 4.91. The molecule has 0 saturated heterocycles. The van der Waals surface area contributed by atoms with Crippen molar-refractivity contribution in [3.8, 4) is 0 Å². The van der Waals surface area contributed by atoms with E-state index in [4.69, 9.17) is 5.73 Å². The van der Waals surface area contributed by atoms with Crippen molar-refractivity contribution in [2.75, 3.05) is 25.9 Å². The van der Waals surface area contributed by atoms with E-state index in [1.807, 2.05) is 13.8 Å². The number of nitrogens with two attached hydrogens (primary N) is 1. The maximum Gasteiger partial charge on any atom is 0.257 e. The molecule has 136 valence electrons. The molecule has 0 aliphatic carbocycles. The van der Waals surface area contributed by atoms with Crippen LogP contribution in [0.2, 0.25) is 0 Å². The average Bonchev–Trinajstić information content (AvgIpc) is 2.49. The van der Waals surface area contributed by atoms with Crippen molar-refractivity contribution in [2.45, 2.75) is 26.3 Å². The highest BCUT2D eigenvalue weighted by atomic mass is 35.5. The van der Waals surface area contributed by atoms with Crippen LogP contribution >= 0.6 is 12.4 Å². The van der Waals surface area contributed by atoms with Crippen LogP contribution in [-0.4, -0.2) is 61.9 Å². The lowest BCUT2D eigenvalue weighted by Crippen LogP contribution is -2.43. The normalized spacial score (nSPS) is 19.8. The minimum atomic E-state index is -3.50. The van der Waals surface area contributed by atoms with E-state index in [9.17, 15) is 13.2 Å². The van der Waals surface area contributed by atoms with E-state index >= 15 is 0 Å². The van der Waals surface area contributed by atoms with Crippen LogP contribution in [0.3, 0.4) is 0 Å². The number of hydrogen-bond acceptors (Lipinski definition) is 5. The molecule has 0 spiro atoms. The highest BCUT2D eigenvalue weighted by Crippen LogP contribution is 2.19. The van der Waals surface area contributed by atoms with Crippen molar-refractivity contribution >= 4 is 34.2 Å². The van der Waals surface area contributed by atoms with E-state index in [-0.39, 0.29) is 35.9 Å². The predicted molar refractivity (Wildman–Crippen MR) is 97.5 cm³/mol. The summed E-state index contributed by atoms with van der Waals surface area (Å²) in [5.74, 6) is 0.273. The van der Waals surface area contributed by atoms with Gasteiger partial charge in [-0.3, -0.25) is 4.79 Å². The first-order valence-electron chi connectivity index (χ1n) is 7.70. The van der Waals surface area contributed by atoms with Gasteiger partial charge in [-0.2, -0.15) is 0 Å². The van der Waals surface area contributed by atoms with Gasteiger partial charge in [0.15, 0.2) is 5.84 Å². The molecule has 0 saturated carbocycles. The van der Waals surface area contributed by atoms with Gasteiger partial charge in [0.25, 0.3) is 15.9 Å². The Hall–Kier alpha value is -1.38. The second-order valence-electron chi connectivity index (χ2n) is 6.24. The summed E-state index contributed by atoms with van der Waals surface area (Å²) in [6, 6.07) is 0.0226. The van der Waals surface area contributed by atoms with Crippen LogP contribution in [0.4, 0.5) is 0 Å². The molecule has 0 aromatic rings. The Morgan fingerprint density at radius 3 is 2.75 bits per heavy atom. The van der Waals surface area contributed by atoms with Crippen molar-refractivity contribution in [1.82, 2.24) is 9.80 Å².